The standard InChI is InChI=1S/C10H15.C8H10N2Se.C8H11Se.Co/c1-6-7(2)9(4)10(5)8(6)3;1-2-4-6-8-7(5-3-1)9-10-11-8;9-8-6-4-2-1-3-5-7-8;/h1-5H3;3,5H,1-2,4,6H2;2,4,6H,1,3,5,7H2;/q-1;;-1;/b;5-3-;4-2-;. The van der Waals surface area contributed by atoms with E-state index in [1.165, 1.54) is 88.0 Å². The summed E-state index contributed by atoms with van der Waals surface area (Å²) in [6.45, 7) is 11.0. The van der Waals surface area contributed by atoms with E-state index in [4.69, 9.17) is 0 Å². The monoisotopic (exact) mass is 595 g/mol. The molecule has 1 aromatic carbocycles. The van der Waals surface area contributed by atoms with Crippen molar-refractivity contribution in [3.05, 3.63) is 62.6 Å². The minimum absolute atomic E-state index is 0. The molecule has 0 bridgehead atoms. The molecule has 0 spiro atoms. The van der Waals surface area contributed by atoms with Crippen LogP contribution < -0.4 is 0 Å². The van der Waals surface area contributed by atoms with E-state index >= 15 is 0 Å². The second kappa shape index (κ2) is 15.3. The summed E-state index contributed by atoms with van der Waals surface area (Å²) < 4.78 is 6.96. The summed E-state index contributed by atoms with van der Waals surface area (Å²) in [5.74, 6) is 0. The summed E-state index contributed by atoms with van der Waals surface area (Å²) in [4.78, 5) is 0. The molecule has 31 heavy (non-hydrogen) atoms. The van der Waals surface area contributed by atoms with Crippen molar-refractivity contribution in [2.24, 2.45) is 0 Å². The molecule has 2 aliphatic rings. The first kappa shape index (κ1) is 28.5. The van der Waals surface area contributed by atoms with E-state index in [0.29, 0.717) is 14.7 Å². The van der Waals surface area contributed by atoms with Crippen LogP contribution in [0.1, 0.15) is 82.9 Å². The van der Waals surface area contributed by atoms with E-state index in [1.54, 1.807) is 0 Å². The zero-order valence-corrected chi connectivity index (χ0v) is 24.1. The fourth-order valence-electron chi connectivity index (χ4n) is 3.58. The molecule has 0 fully saturated rings. The molecule has 4 rings (SSSR count). The van der Waals surface area contributed by atoms with Crippen LogP contribution in [0.2, 0.25) is 0 Å². The molecule has 5 heteroatoms. The van der Waals surface area contributed by atoms with Crippen molar-refractivity contribution < 1.29 is 16.8 Å². The molecule has 0 atom stereocenters. The summed E-state index contributed by atoms with van der Waals surface area (Å²) in [5.41, 5.74) is 8.50. The zero-order chi connectivity index (χ0) is 21.9. The summed E-state index contributed by atoms with van der Waals surface area (Å²) in [5, 5.41) is 4.10. The average molecular weight is 593 g/mol. The Morgan fingerprint density at radius 1 is 0.935 bits per heavy atom. The third kappa shape index (κ3) is 9.46. The van der Waals surface area contributed by atoms with Gasteiger partial charge >= 0.3 is 136 Å². The van der Waals surface area contributed by atoms with Gasteiger partial charge in [0.05, 0.1) is 0 Å². The normalized spacial score (nSPS) is 17.4. The van der Waals surface area contributed by atoms with Crippen LogP contribution in [0, 0.1) is 41.0 Å². The van der Waals surface area contributed by atoms with Crippen LogP contribution in [-0.2, 0) is 23.2 Å². The van der Waals surface area contributed by atoms with E-state index in [2.05, 4.69) is 90.1 Å². The Morgan fingerprint density at radius 3 is 2.16 bits per heavy atom. The number of fused-ring (bicyclic) bond motifs is 1. The fourth-order valence-corrected chi connectivity index (χ4v) is 5.45. The van der Waals surface area contributed by atoms with Crippen LogP contribution in [0.4, 0.5) is 0 Å². The molecule has 1 radical (unpaired) electrons. The van der Waals surface area contributed by atoms with E-state index in [9.17, 15) is 0 Å². The average Bonchev–Trinajstić information content (AvgIpc) is 3.20. The van der Waals surface area contributed by atoms with E-state index in [0.717, 1.165) is 5.69 Å². The molecule has 1 aromatic heterocycles. The molecule has 0 aliphatic heterocycles. The predicted molar refractivity (Wildman–Crippen MR) is 134 cm³/mol. The quantitative estimate of drug-likeness (QED) is 0.282. The van der Waals surface area contributed by atoms with Crippen LogP contribution in [0.25, 0.3) is 6.08 Å². The first-order valence-electron chi connectivity index (χ1n) is 11.1. The number of hydrogen-bond acceptors (Lipinski definition) is 2. The second-order valence-electron chi connectivity index (χ2n) is 8.16. The van der Waals surface area contributed by atoms with Gasteiger partial charge in [-0.05, 0) is 0 Å². The van der Waals surface area contributed by atoms with Crippen molar-refractivity contribution in [2.75, 3.05) is 0 Å². The Labute approximate surface area is 214 Å². The molecule has 2 aliphatic carbocycles. The Bertz CT molecular complexity index is 794. The van der Waals surface area contributed by atoms with Gasteiger partial charge in [-0.15, -0.1) is 0 Å². The van der Waals surface area contributed by atoms with E-state index in [1.807, 2.05) is 0 Å². The second-order valence-corrected chi connectivity index (χ2v) is 11.0. The van der Waals surface area contributed by atoms with Gasteiger partial charge in [-0.3, -0.25) is 0 Å². The van der Waals surface area contributed by atoms with Crippen molar-refractivity contribution in [3.8, 4) is 0 Å². The van der Waals surface area contributed by atoms with Crippen molar-refractivity contribution in [3.63, 3.8) is 0 Å². The molecular formula is C26H36CoN2Se2-2. The summed E-state index contributed by atoms with van der Waals surface area (Å²) in [6.07, 6.45) is 21.1. The van der Waals surface area contributed by atoms with Crippen molar-refractivity contribution in [1.82, 2.24) is 9.19 Å². The Morgan fingerprint density at radius 2 is 1.55 bits per heavy atom. The molecule has 0 saturated heterocycles. The molecule has 173 valence electrons. The first-order valence-corrected chi connectivity index (χ1v) is 13.6. The Balaban J connectivity index is 0.000000230. The third-order valence-electron chi connectivity index (χ3n) is 6.16. The fraction of sp³-hybridized carbons (Fsp3) is 0.500. The van der Waals surface area contributed by atoms with Crippen LogP contribution in [0.5, 0.6) is 0 Å². The first-order chi connectivity index (χ1) is 14.4. The zero-order valence-electron chi connectivity index (χ0n) is 19.6. The summed E-state index contributed by atoms with van der Waals surface area (Å²) in [7, 11) is 0. The molecule has 0 unspecified atom stereocenters. The maximum absolute atomic E-state index is 4.10. The van der Waals surface area contributed by atoms with Gasteiger partial charge in [-0.2, -0.15) is 27.8 Å². The van der Waals surface area contributed by atoms with Crippen molar-refractivity contribution in [2.45, 2.75) is 86.0 Å². The van der Waals surface area contributed by atoms with Gasteiger partial charge in [-0.25, -0.2) is 0 Å². The Kier molecular flexibility index (Phi) is 14.1. The van der Waals surface area contributed by atoms with Crippen molar-refractivity contribution >= 4 is 40.8 Å². The van der Waals surface area contributed by atoms with Crippen LogP contribution >= 0.6 is 0 Å². The molecule has 1 heterocycles. The molecule has 2 aromatic rings. The number of rotatable bonds is 0. The predicted octanol–water partition coefficient (Wildman–Crippen LogP) is 5.88. The number of aromatic nitrogens is 2. The van der Waals surface area contributed by atoms with Gasteiger partial charge in [0, 0.05) is 16.8 Å². The van der Waals surface area contributed by atoms with Gasteiger partial charge in [0.1, 0.15) is 0 Å². The summed E-state index contributed by atoms with van der Waals surface area (Å²) >= 11 is 3.39. The van der Waals surface area contributed by atoms with E-state index < -0.39 is 0 Å². The van der Waals surface area contributed by atoms with Crippen LogP contribution in [0.3, 0.4) is 0 Å². The third-order valence-corrected chi connectivity index (χ3v) is 8.55. The van der Waals surface area contributed by atoms with E-state index in [-0.39, 0.29) is 16.8 Å². The summed E-state index contributed by atoms with van der Waals surface area (Å²) in [6, 6.07) is 0. The number of allylic oxidation sites excluding steroid dienone is 3. The topological polar surface area (TPSA) is 25.8 Å². The number of aryl methyl sites for hydroxylation is 1. The Hall–Kier alpha value is -0.545. The van der Waals surface area contributed by atoms with Gasteiger partial charge in [0.25, 0.3) is 0 Å². The SMILES string of the molecule is C1=C\c2nn[se]c2CCCC/1.Cc1c(C)c(C)[c-](C)c1C.[Co].[Se]=C1[CH-]/C=C\CCCC1. The number of nitrogens with zero attached hydrogens (tertiary/aromatic N) is 2. The molecule has 0 saturated carbocycles. The molecule has 0 N–H and O–H groups in total. The van der Waals surface area contributed by atoms with Gasteiger partial charge in [0.2, 0.25) is 0 Å². The van der Waals surface area contributed by atoms with Crippen LogP contribution in [0.15, 0.2) is 18.2 Å². The van der Waals surface area contributed by atoms with Crippen LogP contribution in [-0.4, -0.2) is 43.9 Å². The van der Waals surface area contributed by atoms with Gasteiger partial charge in [0.15, 0.2) is 0 Å². The van der Waals surface area contributed by atoms with Gasteiger partial charge in [-0.1, -0.05) is 34.6 Å². The van der Waals surface area contributed by atoms with Gasteiger partial charge < -0.3 is 0 Å². The van der Waals surface area contributed by atoms with Crippen molar-refractivity contribution in [1.29, 1.82) is 0 Å². The molecule has 0 amide bonds. The maximum atomic E-state index is 4.10. The molecule has 2 nitrogen and oxygen atoms in total. The number of hydrogen-bond donors (Lipinski definition) is 0. The molecular weight excluding hydrogens is 557 g/mol. The minimum atomic E-state index is 0.